The number of hydrogen-bond donors (Lipinski definition) is 1. The first kappa shape index (κ1) is 24.9. The highest BCUT2D eigenvalue weighted by Gasteiger charge is 2.26. The lowest BCUT2D eigenvalue weighted by Crippen LogP contribution is -2.32. The zero-order chi connectivity index (χ0) is 25.0. The van der Waals surface area contributed by atoms with Crippen molar-refractivity contribution in [1.82, 2.24) is 14.1 Å². The summed E-state index contributed by atoms with van der Waals surface area (Å²) >= 11 is 0. The van der Waals surface area contributed by atoms with Crippen LogP contribution < -0.4 is 10.1 Å². The highest BCUT2D eigenvalue weighted by molar-refractivity contribution is 7.89. The van der Waals surface area contributed by atoms with Crippen LogP contribution in [-0.2, 0) is 21.2 Å². The molecule has 4 rings (SSSR count). The summed E-state index contributed by atoms with van der Waals surface area (Å²) in [6.07, 6.45) is 3.89. The summed E-state index contributed by atoms with van der Waals surface area (Å²) in [5.74, 6) is 0.132. The molecule has 3 aromatic rings. The molecule has 1 amide bonds. The lowest BCUT2D eigenvalue weighted by molar-refractivity contribution is -0.115. The number of benzene rings is 2. The molecule has 2 aromatic carbocycles. The minimum absolute atomic E-state index is 0.108. The second kappa shape index (κ2) is 10.6. The summed E-state index contributed by atoms with van der Waals surface area (Å²) < 4.78 is 35.3. The van der Waals surface area contributed by atoms with Crippen LogP contribution >= 0.6 is 0 Å². The quantitative estimate of drug-likeness (QED) is 0.528. The van der Waals surface area contributed by atoms with E-state index in [-0.39, 0.29) is 17.2 Å². The van der Waals surface area contributed by atoms with Crippen molar-refractivity contribution in [1.29, 1.82) is 0 Å². The summed E-state index contributed by atoms with van der Waals surface area (Å²) in [4.78, 5) is 13.2. The first-order valence-electron chi connectivity index (χ1n) is 11.9. The Kier molecular flexibility index (Phi) is 7.57. The maximum atomic E-state index is 13.3. The molecule has 0 aliphatic carbocycles. The number of rotatable bonds is 7. The first-order valence-corrected chi connectivity index (χ1v) is 13.3. The van der Waals surface area contributed by atoms with Gasteiger partial charge in [-0.15, -0.1) is 0 Å². The van der Waals surface area contributed by atoms with Gasteiger partial charge in [-0.3, -0.25) is 4.79 Å². The normalized spacial score (nSPS) is 14.9. The molecular weight excluding hydrogens is 464 g/mol. The van der Waals surface area contributed by atoms with E-state index in [0.717, 1.165) is 48.3 Å². The number of aryl methyl sites for hydroxylation is 1. The van der Waals surface area contributed by atoms with E-state index in [4.69, 9.17) is 4.74 Å². The van der Waals surface area contributed by atoms with Crippen LogP contribution in [0.5, 0.6) is 5.75 Å². The fourth-order valence-corrected chi connectivity index (χ4v) is 6.03. The molecule has 1 aliphatic heterocycles. The van der Waals surface area contributed by atoms with Gasteiger partial charge in [0.15, 0.2) is 0 Å². The number of sulfonamides is 1. The van der Waals surface area contributed by atoms with Crippen LogP contribution in [0, 0.1) is 13.8 Å². The van der Waals surface area contributed by atoms with Crippen molar-refractivity contribution in [3.8, 4) is 11.4 Å². The first-order chi connectivity index (χ1) is 16.8. The fraction of sp³-hybridized carbons (Fsp3) is 0.385. The van der Waals surface area contributed by atoms with Crippen LogP contribution in [0.25, 0.3) is 5.69 Å². The van der Waals surface area contributed by atoms with Crippen molar-refractivity contribution in [2.75, 3.05) is 25.5 Å². The molecule has 0 saturated carbocycles. The highest BCUT2D eigenvalue weighted by Crippen LogP contribution is 2.30. The maximum Gasteiger partial charge on any atom is 0.243 e. The van der Waals surface area contributed by atoms with Crippen molar-refractivity contribution in [2.45, 2.75) is 50.8 Å². The molecular formula is C26H32N4O4S. The number of aromatic nitrogens is 2. The third-order valence-corrected chi connectivity index (χ3v) is 8.32. The molecule has 9 heteroatoms. The number of carbonyl (C=O) groups is 1. The van der Waals surface area contributed by atoms with Gasteiger partial charge in [-0.2, -0.15) is 9.40 Å². The summed E-state index contributed by atoms with van der Waals surface area (Å²) in [5.41, 5.74) is 3.74. The number of hydrogen-bond acceptors (Lipinski definition) is 5. The molecule has 2 heterocycles. The zero-order valence-electron chi connectivity index (χ0n) is 20.5. The molecule has 0 radical (unpaired) electrons. The van der Waals surface area contributed by atoms with E-state index in [1.807, 2.05) is 48.9 Å². The van der Waals surface area contributed by atoms with Crippen LogP contribution in [0.15, 0.2) is 53.4 Å². The van der Waals surface area contributed by atoms with Crippen molar-refractivity contribution >= 4 is 21.6 Å². The topological polar surface area (TPSA) is 93.5 Å². The van der Waals surface area contributed by atoms with E-state index in [1.165, 1.54) is 23.5 Å². The van der Waals surface area contributed by atoms with Crippen molar-refractivity contribution in [3.05, 3.63) is 65.5 Å². The predicted molar refractivity (Wildman–Crippen MR) is 136 cm³/mol. The second-order valence-corrected chi connectivity index (χ2v) is 10.7. The van der Waals surface area contributed by atoms with Gasteiger partial charge < -0.3 is 10.1 Å². The maximum absolute atomic E-state index is 13.3. The van der Waals surface area contributed by atoms with Crippen LogP contribution in [0.4, 0.5) is 5.69 Å². The average Bonchev–Trinajstić information content (AvgIpc) is 3.04. The third kappa shape index (κ3) is 5.41. The Morgan fingerprint density at radius 2 is 1.71 bits per heavy atom. The smallest absolute Gasteiger partial charge is 0.243 e. The minimum atomic E-state index is -3.66. The predicted octanol–water partition coefficient (Wildman–Crippen LogP) is 4.24. The minimum Gasteiger partial charge on any atom is -0.495 e. The molecule has 0 unspecified atom stereocenters. The van der Waals surface area contributed by atoms with E-state index in [2.05, 4.69) is 10.4 Å². The number of amides is 1. The molecule has 186 valence electrons. The number of para-hydroxylation sites is 1. The van der Waals surface area contributed by atoms with Gasteiger partial charge in [0.05, 0.1) is 35.5 Å². The summed E-state index contributed by atoms with van der Waals surface area (Å²) in [6.45, 7) is 4.84. The lowest BCUT2D eigenvalue weighted by atomic mass is 10.1. The molecule has 1 aromatic heterocycles. The number of carbonyl (C=O) groups excluding carboxylic acids is 1. The van der Waals surface area contributed by atoms with Crippen LogP contribution in [0.1, 0.15) is 42.6 Å². The number of nitrogens with zero attached hydrogens (tertiary/aromatic N) is 3. The average molecular weight is 497 g/mol. The van der Waals surface area contributed by atoms with Crippen molar-refractivity contribution in [2.24, 2.45) is 0 Å². The molecule has 35 heavy (non-hydrogen) atoms. The summed E-state index contributed by atoms with van der Waals surface area (Å²) in [6, 6.07) is 14.4. The standard InChI is InChI=1S/C26H32N4O4S/c1-19-23(20(2)30(28-19)21-11-7-6-8-12-21)18-26(31)27-24-17-22(13-14-25(24)34-3)35(32,33)29-15-9-4-5-10-16-29/h6-8,11-14,17H,4-5,9-10,15-16,18H2,1-3H3,(H,27,31). The van der Waals surface area contributed by atoms with Gasteiger partial charge in [-0.25, -0.2) is 13.1 Å². The number of anilines is 1. The van der Waals surface area contributed by atoms with E-state index < -0.39 is 10.0 Å². The van der Waals surface area contributed by atoms with Crippen LogP contribution in [0.2, 0.25) is 0 Å². The summed E-state index contributed by atoms with van der Waals surface area (Å²) in [7, 11) is -2.16. The Bertz CT molecular complexity index is 1290. The molecule has 0 bridgehead atoms. The SMILES string of the molecule is COc1ccc(S(=O)(=O)N2CCCCCC2)cc1NC(=O)Cc1c(C)nn(-c2ccccc2)c1C. The molecule has 1 fully saturated rings. The van der Waals surface area contributed by atoms with Gasteiger partial charge in [0.2, 0.25) is 15.9 Å². The van der Waals surface area contributed by atoms with E-state index in [0.29, 0.717) is 24.5 Å². The van der Waals surface area contributed by atoms with Gasteiger partial charge in [0, 0.05) is 24.3 Å². The van der Waals surface area contributed by atoms with Crippen LogP contribution in [0.3, 0.4) is 0 Å². The van der Waals surface area contributed by atoms with Gasteiger partial charge in [0.25, 0.3) is 0 Å². The molecule has 1 N–H and O–H groups in total. The van der Waals surface area contributed by atoms with Gasteiger partial charge in [0.1, 0.15) is 5.75 Å². The molecule has 0 spiro atoms. The molecule has 1 aliphatic rings. The summed E-state index contributed by atoms with van der Waals surface area (Å²) in [5, 5.41) is 7.46. The Balaban J connectivity index is 1.56. The number of ether oxygens (including phenoxy) is 1. The Labute approximate surface area is 207 Å². The van der Waals surface area contributed by atoms with Crippen molar-refractivity contribution < 1.29 is 17.9 Å². The van der Waals surface area contributed by atoms with Gasteiger partial charge in [-0.05, 0) is 57.0 Å². The Morgan fingerprint density at radius 1 is 1.03 bits per heavy atom. The third-order valence-electron chi connectivity index (χ3n) is 6.43. The number of methoxy groups -OCH3 is 1. The van der Waals surface area contributed by atoms with Crippen LogP contribution in [-0.4, -0.2) is 48.6 Å². The lowest BCUT2D eigenvalue weighted by Gasteiger charge is -2.21. The monoisotopic (exact) mass is 496 g/mol. The van der Waals surface area contributed by atoms with Crippen molar-refractivity contribution in [3.63, 3.8) is 0 Å². The number of nitrogens with one attached hydrogen (secondary N) is 1. The van der Waals surface area contributed by atoms with E-state index in [1.54, 1.807) is 6.07 Å². The van der Waals surface area contributed by atoms with Gasteiger partial charge in [-0.1, -0.05) is 31.0 Å². The van der Waals surface area contributed by atoms with Gasteiger partial charge >= 0.3 is 0 Å². The fourth-order valence-electron chi connectivity index (χ4n) is 4.48. The van der Waals surface area contributed by atoms with E-state index >= 15 is 0 Å². The second-order valence-electron chi connectivity index (χ2n) is 8.80. The molecule has 1 saturated heterocycles. The Morgan fingerprint density at radius 3 is 2.37 bits per heavy atom. The molecule has 0 atom stereocenters. The Hall–Kier alpha value is -3.17. The zero-order valence-corrected chi connectivity index (χ0v) is 21.3. The highest BCUT2D eigenvalue weighted by atomic mass is 32.2. The largest absolute Gasteiger partial charge is 0.495 e. The van der Waals surface area contributed by atoms with E-state index in [9.17, 15) is 13.2 Å². The molecule has 8 nitrogen and oxygen atoms in total.